The second kappa shape index (κ2) is 8.69. The van der Waals surface area contributed by atoms with Gasteiger partial charge >= 0.3 is 12.2 Å². The van der Waals surface area contributed by atoms with E-state index in [4.69, 9.17) is 0 Å². The van der Waals surface area contributed by atoms with Crippen LogP contribution in [0.25, 0.3) is 22.1 Å². The van der Waals surface area contributed by atoms with Crippen molar-refractivity contribution >= 4 is 32.1 Å². The fourth-order valence-electron chi connectivity index (χ4n) is 3.56. The maximum absolute atomic E-state index is 12.9. The molecule has 0 aliphatic carbocycles. The minimum Gasteiger partial charge on any atom is -0.870 e. The SMILES string of the molecule is Cn1cnc(S(=O)(=O)Nc2cc3c(O)n(-c4ccc(OC(F)(F)F)cc4)n[n+]3c3ccccc23)c1.[OH-]. The van der Waals surface area contributed by atoms with Crippen molar-refractivity contribution in [3.63, 3.8) is 0 Å². The van der Waals surface area contributed by atoms with Crippen molar-refractivity contribution in [1.29, 1.82) is 0 Å². The van der Waals surface area contributed by atoms with E-state index < -0.39 is 22.1 Å². The number of nitrogens with one attached hydrogen (secondary N) is 1. The summed E-state index contributed by atoms with van der Waals surface area (Å²) in [6, 6.07) is 12.9. The molecule has 0 unspecified atom stereocenters. The van der Waals surface area contributed by atoms with E-state index in [1.807, 2.05) is 0 Å². The Morgan fingerprint density at radius 1 is 1.08 bits per heavy atom. The molecule has 3 N–H and O–H groups in total. The predicted octanol–water partition coefficient (Wildman–Crippen LogP) is 2.73. The van der Waals surface area contributed by atoms with Crippen LogP contribution >= 0.6 is 0 Å². The molecule has 0 atom stereocenters. The number of imidazole rings is 1. The first-order valence-electron chi connectivity index (χ1n) is 9.94. The highest BCUT2D eigenvalue weighted by atomic mass is 32.2. The number of hydrogen-bond donors (Lipinski definition) is 2. The molecule has 15 heteroatoms. The summed E-state index contributed by atoms with van der Waals surface area (Å²) in [4.78, 5) is 3.88. The molecule has 0 aliphatic heterocycles. The predicted molar refractivity (Wildman–Crippen MR) is 119 cm³/mol. The lowest BCUT2D eigenvalue weighted by atomic mass is 10.2. The van der Waals surface area contributed by atoms with Crippen LogP contribution in [0.5, 0.6) is 11.6 Å². The number of aromatic nitrogens is 5. The lowest BCUT2D eigenvalue weighted by Crippen LogP contribution is -2.26. The Kier molecular flexibility index (Phi) is 5.97. The van der Waals surface area contributed by atoms with Gasteiger partial charge in [-0.15, -0.1) is 13.2 Å². The number of nitrogens with zero attached hydrogens (tertiary/aromatic N) is 5. The summed E-state index contributed by atoms with van der Waals surface area (Å²) >= 11 is 0. The number of rotatable bonds is 5. The van der Waals surface area contributed by atoms with Crippen molar-refractivity contribution in [2.45, 2.75) is 11.4 Å². The van der Waals surface area contributed by atoms with Gasteiger partial charge in [0.25, 0.3) is 10.0 Å². The normalized spacial score (nSPS) is 12.0. The second-order valence-electron chi connectivity index (χ2n) is 7.52. The Morgan fingerprint density at radius 3 is 2.42 bits per heavy atom. The number of pyridine rings is 1. The van der Waals surface area contributed by atoms with Gasteiger partial charge in [-0.05, 0) is 36.4 Å². The highest BCUT2D eigenvalue weighted by Crippen LogP contribution is 2.30. The number of fused-ring (bicyclic) bond motifs is 3. The Labute approximate surface area is 200 Å². The van der Waals surface area contributed by atoms with Crippen molar-refractivity contribution in [3.8, 4) is 17.3 Å². The van der Waals surface area contributed by atoms with Crippen molar-refractivity contribution in [3.05, 3.63) is 67.1 Å². The first-order valence-corrected chi connectivity index (χ1v) is 11.4. The van der Waals surface area contributed by atoms with Gasteiger partial charge in [-0.1, -0.05) is 21.3 Å². The Morgan fingerprint density at radius 2 is 1.78 bits per heavy atom. The molecule has 5 rings (SSSR count). The van der Waals surface area contributed by atoms with E-state index in [9.17, 15) is 26.7 Å². The minimum absolute atomic E-state index is 0. The molecule has 36 heavy (non-hydrogen) atoms. The van der Waals surface area contributed by atoms with E-state index >= 15 is 0 Å². The van der Waals surface area contributed by atoms with Crippen LogP contribution in [-0.4, -0.2) is 44.8 Å². The number of ether oxygens (including phenoxy) is 1. The maximum Gasteiger partial charge on any atom is 0.573 e. The molecule has 0 spiro atoms. The number of benzene rings is 2. The summed E-state index contributed by atoms with van der Waals surface area (Å²) in [5, 5.41) is 15.5. The molecule has 3 aromatic heterocycles. The van der Waals surface area contributed by atoms with Crippen LogP contribution in [-0.2, 0) is 17.1 Å². The Hall–Kier alpha value is -4.37. The molecule has 0 bridgehead atoms. The van der Waals surface area contributed by atoms with Gasteiger partial charge in [-0.2, -0.15) is 8.42 Å². The van der Waals surface area contributed by atoms with E-state index in [1.165, 1.54) is 39.8 Å². The second-order valence-corrected chi connectivity index (χ2v) is 9.15. The third-order valence-electron chi connectivity index (χ3n) is 5.06. The van der Waals surface area contributed by atoms with Crippen LogP contribution < -0.4 is 14.0 Å². The number of para-hydroxylation sites is 1. The van der Waals surface area contributed by atoms with Gasteiger partial charge in [0.15, 0.2) is 16.2 Å². The van der Waals surface area contributed by atoms with Crippen LogP contribution in [0.4, 0.5) is 18.9 Å². The topological polar surface area (TPSA) is 145 Å². The molecule has 0 saturated carbocycles. The van der Waals surface area contributed by atoms with Crippen LogP contribution in [0.15, 0.2) is 72.1 Å². The number of sulfonamides is 1. The van der Waals surface area contributed by atoms with Gasteiger partial charge in [-0.3, -0.25) is 4.72 Å². The molecule has 188 valence electrons. The van der Waals surface area contributed by atoms with Gasteiger partial charge in [-0.25, -0.2) is 4.98 Å². The van der Waals surface area contributed by atoms with Crippen molar-refractivity contribution < 1.29 is 41.4 Å². The van der Waals surface area contributed by atoms with Crippen molar-refractivity contribution in [2.75, 3.05) is 4.72 Å². The third-order valence-corrected chi connectivity index (χ3v) is 6.31. The lowest BCUT2D eigenvalue weighted by Gasteiger charge is -2.08. The highest BCUT2D eigenvalue weighted by Gasteiger charge is 2.31. The summed E-state index contributed by atoms with van der Waals surface area (Å²) in [6.45, 7) is 0. The van der Waals surface area contributed by atoms with E-state index in [0.717, 1.165) is 16.8 Å². The molecule has 2 aromatic carbocycles. The standard InChI is InChI=1S/C21H15F3N6O4S.H2O/c1-28-11-19(25-12-28)35(32,33)26-16-10-18-20(31)29(27-30(18)17-5-3-2-4-15(16)17)13-6-8-14(9-7-13)34-21(22,23)24;/h2-12,27H,1H3;1H2. The molecular weight excluding hydrogens is 505 g/mol. The molecule has 3 heterocycles. The third kappa shape index (κ3) is 4.48. The maximum atomic E-state index is 12.9. The van der Waals surface area contributed by atoms with Crippen molar-refractivity contribution in [1.82, 2.24) is 19.4 Å². The average molecular weight is 522 g/mol. The summed E-state index contributed by atoms with van der Waals surface area (Å²) in [7, 11) is -2.40. The Balaban J connectivity index is 0.00000304. The van der Waals surface area contributed by atoms with Crippen LogP contribution in [0.1, 0.15) is 0 Å². The molecule has 0 radical (unpaired) electrons. The van der Waals surface area contributed by atoms with Crippen molar-refractivity contribution in [2.24, 2.45) is 7.05 Å². The van der Waals surface area contributed by atoms with E-state index in [2.05, 4.69) is 19.7 Å². The van der Waals surface area contributed by atoms with Gasteiger partial charge < -0.3 is 19.9 Å². The lowest BCUT2D eigenvalue weighted by molar-refractivity contribution is -0.555. The first-order chi connectivity index (χ1) is 16.5. The number of hydrogen-bond acceptors (Lipinski definition) is 7. The molecular formula is C21H17F3N6O5S. The molecule has 0 fully saturated rings. The van der Waals surface area contributed by atoms with E-state index in [-0.39, 0.29) is 33.3 Å². The summed E-state index contributed by atoms with van der Waals surface area (Å²) < 4.78 is 73.4. The Bertz CT molecular complexity index is 1680. The zero-order valence-corrected chi connectivity index (χ0v) is 19.1. The number of alkyl halides is 3. The molecule has 0 saturated heterocycles. The number of anilines is 1. The quantitative estimate of drug-likeness (QED) is 0.338. The number of aromatic hydroxyl groups is 1. The van der Waals surface area contributed by atoms with Crippen LogP contribution in [0.3, 0.4) is 0 Å². The molecule has 0 amide bonds. The van der Waals surface area contributed by atoms with Gasteiger partial charge in [0.1, 0.15) is 11.0 Å². The first kappa shape index (κ1) is 24.7. The fourth-order valence-corrected chi connectivity index (χ4v) is 4.61. The smallest absolute Gasteiger partial charge is 0.573 e. The van der Waals surface area contributed by atoms with Gasteiger partial charge in [0.05, 0.1) is 12.0 Å². The zero-order chi connectivity index (χ0) is 25.0. The molecule has 5 aromatic rings. The largest absolute Gasteiger partial charge is 0.870 e. The highest BCUT2D eigenvalue weighted by molar-refractivity contribution is 7.92. The molecule has 11 nitrogen and oxygen atoms in total. The summed E-state index contributed by atoms with van der Waals surface area (Å²) in [5.41, 5.74) is 1.04. The molecule has 0 aliphatic rings. The number of halogens is 3. The zero-order valence-electron chi connectivity index (χ0n) is 18.2. The fraction of sp³-hybridized carbons (Fsp3) is 0.0952. The monoisotopic (exact) mass is 522 g/mol. The average Bonchev–Trinajstić information content (AvgIpc) is 3.38. The van der Waals surface area contributed by atoms with Gasteiger partial charge in [0.2, 0.25) is 5.52 Å². The minimum atomic E-state index is -4.84. The summed E-state index contributed by atoms with van der Waals surface area (Å²) in [5.74, 6) is -0.791. The van der Waals surface area contributed by atoms with Crippen LogP contribution in [0, 0.1) is 0 Å². The summed E-state index contributed by atoms with van der Waals surface area (Å²) in [6.07, 6.45) is -2.14. The number of aryl methyl sites for hydroxylation is 1. The van der Waals surface area contributed by atoms with Gasteiger partial charge in [0, 0.05) is 24.7 Å². The van der Waals surface area contributed by atoms with E-state index in [0.29, 0.717) is 10.9 Å². The van der Waals surface area contributed by atoms with Crippen LogP contribution in [0.2, 0.25) is 0 Å². The van der Waals surface area contributed by atoms with E-state index in [1.54, 1.807) is 31.3 Å².